The average molecular weight is 519 g/mol. The van der Waals surface area contributed by atoms with Gasteiger partial charge in [-0.05, 0) is 158 Å². The minimum Gasteiger partial charge on any atom is -0.298 e. The molecule has 212 valence electrons. The van der Waals surface area contributed by atoms with Crippen LogP contribution in [0.4, 0.5) is 0 Å². The van der Waals surface area contributed by atoms with Gasteiger partial charge in [-0.25, -0.2) is 0 Å². The van der Waals surface area contributed by atoms with Crippen LogP contribution in [-0.4, -0.2) is 5.78 Å². The zero-order valence-electron chi connectivity index (χ0n) is 26.0. The third-order valence-electron chi connectivity index (χ3n) is 18.0. The van der Waals surface area contributed by atoms with E-state index in [1.807, 2.05) is 0 Å². The van der Waals surface area contributed by atoms with Gasteiger partial charge in [-0.3, -0.25) is 4.79 Å². The lowest BCUT2D eigenvalue weighted by Gasteiger charge is -2.45. The van der Waals surface area contributed by atoms with Crippen LogP contribution in [0.25, 0.3) is 0 Å². The van der Waals surface area contributed by atoms with E-state index in [-0.39, 0.29) is 10.8 Å². The topological polar surface area (TPSA) is 17.1 Å². The normalized spacial score (nSPS) is 67.9. The molecule has 1 nitrogen and oxygen atoms in total. The molecule has 0 N–H and O–H groups in total. The van der Waals surface area contributed by atoms with Crippen molar-refractivity contribution < 1.29 is 4.79 Å². The summed E-state index contributed by atoms with van der Waals surface area (Å²) in [6, 6.07) is 0. The van der Waals surface area contributed by atoms with Crippen LogP contribution < -0.4 is 0 Å². The monoisotopic (exact) mass is 518 g/mol. The fourth-order valence-corrected chi connectivity index (χ4v) is 15.5. The van der Waals surface area contributed by atoms with Crippen molar-refractivity contribution in [1.29, 1.82) is 0 Å². The Hall–Kier alpha value is -0.330. The first-order valence-corrected chi connectivity index (χ1v) is 17.6. The largest absolute Gasteiger partial charge is 0.298 e. The second-order valence-corrected chi connectivity index (χ2v) is 17.9. The number of rotatable bonds is 0. The van der Waals surface area contributed by atoms with E-state index in [2.05, 4.69) is 55.4 Å². The van der Waals surface area contributed by atoms with Crippen molar-refractivity contribution in [1.82, 2.24) is 0 Å². The molecule has 38 heavy (non-hydrogen) atoms. The molecule has 0 aliphatic heterocycles. The summed E-state index contributed by atoms with van der Waals surface area (Å²) in [5.41, 5.74) is 0.258. The highest BCUT2D eigenvalue weighted by molar-refractivity contribution is 5.94. The van der Waals surface area contributed by atoms with Crippen molar-refractivity contribution in [3.63, 3.8) is 0 Å². The van der Waals surface area contributed by atoms with Gasteiger partial charge in [-0.1, -0.05) is 55.4 Å². The van der Waals surface area contributed by atoms with E-state index < -0.39 is 0 Å². The number of carbonyl (C=O) groups excluding carboxylic acids is 1. The Labute approximate surface area is 234 Å². The molecule has 0 aromatic rings. The van der Waals surface area contributed by atoms with Crippen LogP contribution >= 0.6 is 0 Å². The fourth-order valence-electron chi connectivity index (χ4n) is 15.5. The summed E-state index contributed by atoms with van der Waals surface area (Å²) < 4.78 is 0. The van der Waals surface area contributed by atoms with Gasteiger partial charge in [-0.2, -0.15) is 0 Å². The minimum absolute atomic E-state index is 0.129. The van der Waals surface area contributed by atoms with Crippen LogP contribution in [0.1, 0.15) is 107 Å². The first-order chi connectivity index (χ1) is 18.0. The van der Waals surface area contributed by atoms with Crippen LogP contribution in [-0.2, 0) is 4.79 Å². The van der Waals surface area contributed by atoms with Crippen molar-refractivity contribution in [2.45, 2.75) is 107 Å². The van der Waals surface area contributed by atoms with Crippen molar-refractivity contribution in [3.05, 3.63) is 0 Å². The SMILES string of the molecule is CC1C(C)C2CC1C1C3CC(C(C)C3C)C21.CC1C2CC(C1C)C1(CCC3(CC4CC3C(C)C4C)C1=O)C2. The van der Waals surface area contributed by atoms with Crippen molar-refractivity contribution >= 4 is 5.78 Å². The van der Waals surface area contributed by atoms with E-state index >= 15 is 0 Å². The van der Waals surface area contributed by atoms with E-state index in [9.17, 15) is 4.79 Å². The second-order valence-electron chi connectivity index (χ2n) is 17.9. The highest BCUT2D eigenvalue weighted by atomic mass is 16.1. The smallest absolute Gasteiger partial charge is 0.145 e. The fraction of sp³-hybridized carbons (Fsp3) is 0.973. The molecule has 8 bridgehead atoms. The number of hydrogen-bond donors (Lipinski definition) is 0. The first kappa shape index (κ1) is 25.4. The van der Waals surface area contributed by atoms with Gasteiger partial charge in [0, 0.05) is 10.8 Å². The molecule has 0 amide bonds. The predicted octanol–water partition coefficient (Wildman–Crippen LogP) is 9.01. The minimum atomic E-state index is 0.129. The van der Waals surface area contributed by atoms with Crippen LogP contribution in [0.3, 0.4) is 0 Å². The summed E-state index contributed by atoms with van der Waals surface area (Å²) in [4.78, 5) is 13.8. The Balaban J connectivity index is 0.000000124. The van der Waals surface area contributed by atoms with E-state index in [4.69, 9.17) is 0 Å². The lowest BCUT2D eigenvalue weighted by atomic mass is 9.59. The molecule has 9 rings (SSSR count). The molecule has 9 saturated carbocycles. The number of Topliss-reactive ketones (excluding diaryl/α,β-unsaturated/α-hetero) is 1. The molecule has 0 aromatic carbocycles. The lowest BCUT2D eigenvalue weighted by molar-refractivity contribution is -0.142. The lowest BCUT2D eigenvalue weighted by Crippen LogP contribution is -2.46. The Morgan fingerprint density at radius 2 is 0.816 bits per heavy atom. The van der Waals surface area contributed by atoms with Gasteiger partial charge in [0.1, 0.15) is 5.78 Å². The van der Waals surface area contributed by atoms with Crippen LogP contribution in [0, 0.1) is 117 Å². The molecular formula is C37H58O. The van der Waals surface area contributed by atoms with Gasteiger partial charge in [-0.15, -0.1) is 0 Å². The molecule has 0 heterocycles. The Morgan fingerprint density at radius 3 is 1.11 bits per heavy atom. The van der Waals surface area contributed by atoms with Gasteiger partial charge in [0.2, 0.25) is 0 Å². The highest BCUT2D eigenvalue weighted by Gasteiger charge is 2.72. The summed E-state index contributed by atoms with van der Waals surface area (Å²) in [7, 11) is 0. The molecule has 2 spiro atoms. The quantitative estimate of drug-likeness (QED) is 0.292. The molecule has 0 saturated heterocycles. The molecule has 9 fully saturated rings. The van der Waals surface area contributed by atoms with Gasteiger partial charge < -0.3 is 0 Å². The zero-order chi connectivity index (χ0) is 26.6. The Morgan fingerprint density at radius 1 is 0.474 bits per heavy atom. The molecule has 1 heteroatoms. The van der Waals surface area contributed by atoms with E-state index in [1.165, 1.54) is 38.5 Å². The maximum Gasteiger partial charge on any atom is 0.145 e. The molecular weight excluding hydrogens is 460 g/mol. The summed E-state index contributed by atoms with van der Waals surface area (Å²) in [5, 5.41) is 0. The van der Waals surface area contributed by atoms with Crippen LogP contribution in [0.15, 0.2) is 0 Å². The van der Waals surface area contributed by atoms with E-state index in [1.54, 1.807) is 12.8 Å². The third kappa shape index (κ3) is 2.76. The Kier molecular flexibility index (Phi) is 5.30. The molecule has 9 aliphatic carbocycles. The Bertz CT molecular complexity index is 904. The summed E-state index contributed by atoms with van der Waals surface area (Å²) in [6.07, 6.45) is 10.9. The number of carbonyl (C=O) groups is 1. The van der Waals surface area contributed by atoms with Gasteiger partial charge in [0.25, 0.3) is 0 Å². The van der Waals surface area contributed by atoms with Gasteiger partial charge in [0.05, 0.1) is 0 Å². The maximum atomic E-state index is 13.8. The molecule has 18 atom stereocenters. The van der Waals surface area contributed by atoms with Crippen LogP contribution in [0.2, 0.25) is 0 Å². The standard InChI is InChI=1S/C21H32O.C16H26/c1-11-13(3)17-7-15(11)9-20(17)5-6-21(19(20)22)10-16-8-18(21)14(4)12(16)2;1-7-8(2)12-5-11(7)15-13-6-14(16(12)15)10(4)9(13)3/h11-18H,5-10H2,1-4H3;7-16H,5-6H2,1-4H3. The van der Waals surface area contributed by atoms with Gasteiger partial charge >= 0.3 is 0 Å². The highest BCUT2D eigenvalue weighted by Crippen LogP contribution is 2.75. The molecule has 0 aromatic heterocycles. The van der Waals surface area contributed by atoms with Crippen molar-refractivity contribution in [2.24, 2.45) is 117 Å². The number of hydrogen-bond acceptors (Lipinski definition) is 1. The first-order valence-electron chi connectivity index (χ1n) is 17.6. The summed E-state index contributed by atoms with van der Waals surface area (Å²) >= 11 is 0. The number of ketones is 1. The zero-order valence-corrected chi connectivity index (χ0v) is 26.0. The second kappa shape index (κ2) is 7.94. The third-order valence-corrected chi connectivity index (χ3v) is 18.0. The van der Waals surface area contributed by atoms with Crippen LogP contribution in [0.5, 0.6) is 0 Å². The number of fused-ring (bicyclic) bond motifs is 15. The molecule has 18 unspecified atom stereocenters. The maximum absolute atomic E-state index is 13.8. The van der Waals surface area contributed by atoms with E-state index in [0.717, 1.165) is 112 Å². The summed E-state index contributed by atoms with van der Waals surface area (Å²) in [5.74, 6) is 18.2. The average Bonchev–Trinajstić information content (AvgIpc) is 3.75. The molecule has 0 radical (unpaired) electrons. The summed E-state index contributed by atoms with van der Waals surface area (Å²) in [6.45, 7) is 20.0. The van der Waals surface area contributed by atoms with Gasteiger partial charge in [0.15, 0.2) is 0 Å². The van der Waals surface area contributed by atoms with Crippen molar-refractivity contribution in [2.75, 3.05) is 0 Å². The predicted molar refractivity (Wildman–Crippen MR) is 155 cm³/mol. The molecule has 9 aliphatic rings. The van der Waals surface area contributed by atoms with E-state index in [0.29, 0.717) is 0 Å². The van der Waals surface area contributed by atoms with Crippen molar-refractivity contribution in [3.8, 4) is 0 Å².